The largest absolute Gasteiger partial charge is 0.506 e. The fraction of sp³-hybridized carbons (Fsp3) is 0.640. The number of aromatic hydroxyl groups is 1. The molecule has 192 valence electrons. The van der Waals surface area contributed by atoms with E-state index in [4.69, 9.17) is 5.73 Å². The zero-order valence-corrected chi connectivity index (χ0v) is 21.8. The molecule has 3 aliphatic rings. The highest BCUT2D eigenvalue weighted by atomic mass is 79.9. The molecule has 0 aliphatic heterocycles. The number of fused-ring (bicyclic) bond motifs is 3. The zero-order valence-electron chi connectivity index (χ0n) is 20.2. The van der Waals surface area contributed by atoms with Gasteiger partial charge in [-0.15, -0.1) is 0 Å². The predicted octanol–water partition coefficient (Wildman–Crippen LogP) is 0.867. The summed E-state index contributed by atoms with van der Waals surface area (Å²) in [7, 11) is 0. The van der Waals surface area contributed by atoms with Crippen LogP contribution in [0.25, 0.3) is 0 Å². The van der Waals surface area contributed by atoms with Crippen molar-refractivity contribution in [3.8, 4) is 5.75 Å². The number of halogens is 1. The fourth-order valence-electron chi connectivity index (χ4n) is 7.73. The molecule has 0 radical (unpaired) electrons. The summed E-state index contributed by atoms with van der Waals surface area (Å²) in [5, 5.41) is 57.6. The summed E-state index contributed by atoms with van der Waals surface area (Å²) in [6, 6.07) is 3.23. The number of amides is 1. The third-order valence-corrected chi connectivity index (χ3v) is 10.2. The van der Waals surface area contributed by atoms with Crippen LogP contribution in [0.4, 0.5) is 0 Å². The molecule has 9 nitrogen and oxygen atoms in total. The molecule has 35 heavy (non-hydrogen) atoms. The molecule has 1 aromatic rings. The topological polar surface area (TPSA) is 178 Å². The third kappa shape index (κ3) is 2.80. The van der Waals surface area contributed by atoms with Crippen molar-refractivity contribution in [2.75, 3.05) is 0 Å². The van der Waals surface area contributed by atoms with Crippen molar-refractivity contribution >= 4 is 33.4 Å². The van der Waals surface area contributed by atoms with Crippen LogP contribution in [0.15, 0.2) is 16.6 Å². The number of aliphatic hydroxyl groups excluding tert-OH is 3. The molecule has 0 saturated heterocycles. The van der Waals surface area contributed by atoms with E-state index < -0.39 is 81.8 Å². The number of hydrogen-bond acceptors (Lipinski definition) is 8. The number of phenols is 1. The Balaban J connectivity index is 2.06. The normalized spacial score (nSPS) is 45.1. The lowest BCUT2D eigenvalue weighted by atomic mass is 9.36. The maximum Gasteiger partial charge on any atom is 0.230 e. The van der Waals surface area contributed by atoms with Crippen molar-refractivity contribution in [2.45, 2.75) is 64.4 Å². The number of benzene rings is 1. The Morgan fingerprint density at radius 1 is 1.14 bits per heavy atom. The number of nitrogens with two attached hydrogens (primary N) is 1. The van der Waals surface area contributed by atoms with Crippen LogP contribution in [0.5, 0.6) is 5.75 Å². The molecule has 2 fully saturated rings. The highest BCUT2D eigenvalue weighted by Crippen LogP contribution is 2.68. The van der Waals surface area contributed by atoms with Gasteiger partial charge in [0.1, 0.15) is 17.8 Å². The van der Waals surface area contributed by atoms with Crippen molar-refractivity contribution < 1.29 is 39.9 Å². The van der Waals surface area contributed by atoms with Crippen LogP contribution in [0.3, 0.4) is 0 Å². The van der Waals surface area contributed by atoms with Crippen LogP contribution in [0, 0.1) is 34.5 Å². The molecule has 3 aliphatic carbocycles. The van der Waals surface area contributed by atoms with Crippen LogP contribution < -0.4 is 5.73 Å². The number of carbonyl (C=O) groups is 3. The molecule has 0 spiro atoms. The Kier molecular flexibility index (Phi) is 5.86. The molecule has 7 N–H and O–H groups in total. The number of phenolic OH excluding ortho intramolecular Hbond substituents is 1. The van der Waals surface area contributed by atoms with Crippen LogP contribution >= 0.6 is 15.9 Å². The smallest absolute Gasteiger partial charge is 0.230 e. The highest BCUT2D eigenvalue weighted by molar-refractivity contribution is 9.10. The van der Waals surface area contributed by atoms with E-state index in [0.29, 0.717) is 5.56 Å². The summed E-state index contributed by atoms with van der Waals surface area (Å²) in [5.74, 6) is -8.92. The number of hydrogen-bond donors (Lipinski definition) is 6. The van der Waals surface area contributed by atoms with Gasteiger partial charge in [0.2, 0.25) is 5.91 Å². The van der Waals surface area contributed by atoms with Crippen molar-refractivity contribution in [3.63, 3.8) is 0 Å². The van der Waals surface area contributed by atoms with Crippen molar-refractivity contribution in [1.29, 1.82) is 0 Å². The summed E-state index contributed by atoms with van der Waals surface area (Å²) in [6.45, 7) is 8.18. The number of ketones is 2. The molecular formula is C25H32BrNO8. The predicted molar refractivity (Wildman–Crippen MR) is 127 cm³/mol. The first-order valence-electron chi connectivity index (χ1n) is 11.7. The number of rotatable bonds is 2. The molecule has 0 bridgehead atoms. The van der Waals surface area contributed by atoms with Gasteiger partial charge in [-0.05, 0) is 45.3 Å². The van der Waals surface area contributed by atoms with Crippen molar-refractivity contribution in [1.82, 2.24) is 0 Å². The third-order valence-electron chi connectivity index (χ3n) is 9.57. The number of aliphatic hydroxyl groups is 4. The van der Waals surface area contributed by atoms with Gasteiger partial charge in [-0.25, -0.2) is 0 Å². The summed E-state index contributed by atoms with van der Waals surface area (Å²) in [4.78, 5) is 39.7. The summed E-state index contributed by atoms with van der Waals surface area (Å²) >= 11 is 3.19. The molecule has 1 aromatic carbocycles. The van der Waals surface area contributed by atoms with E-state index >= 15 is 0 Å². The van der Waals surface area contributed by atoms with Gasteiger partial charge in [0, 0.05) is 10.8 Å². The van der Waals surface area contributed by atoms with E-state index in [0.717, 1.165) is 0 Å². The van der Waals surface area contributed by atoms with E-state index in [1.807, 2.05) is 0 Å². The van der Waals surface area contributed by atoms with Gasteiger partial charge >= 0.3 is 0 Å². The molecule has 2 unspecified atom stereocenters. The highest BCUT2D eigenvalue weighted by Gasteiger charge is 2.80. The number of primary amides is 1. The summed E-state index contributed by atoms with van der Waals surface area (Å²) in [5.41, 5.74) is -0.207. The minimum Gasteiger partial charge on any atom is -0.506 e. The number of Topliss-reactive ketones (excluding diaryl/α,β-unsaturated/α-hetero) is 2. The molecule has 10 atom stereocenters. The lowest BCUT2D eigenvalue weighted by molar-refractivity contribution is -0.306. The lowest BCUT2D eigenvalue weighted by Crippen LogP contribution is -2.83. The second-order valence-electron chi connectivity index (χ2n) is 11.2. The minimum atomic E-state index is -2.78. The van der Waals surface area contributed by atoms with Crippen LogP contribution in [0.1, 0.15) is 56.5 Å². The van der Waals surface area contributed by atoms with E-state index in [1.54, 1.807) is 39.8 Å². The molecule has 1 amide bonds. The molecular weight excluding hydrogens is 522 g/mol. The first-order valence-corrected chi connectivity index (χ1v) is 12.5. The Labute approximate surface area is 211 Å². The molecule has 2 saturated carbocycles. The Hall–Kier alpha value is -1.85. The molecule has 10 heteroatoms. The van der Waals surface area contributed by atoms with E-state index in [-0.39, 0.29) is 15.8 Å². The van der Waals surface area contributed by atoms with Gasteiger partial charge < -0.3 is 31.3 Å². The fourth-order valence-corrected chi connectivity index (χ4v) is 8.06. The summed E-state index contributed by atoms with van der Waals surface area (Å²) < 4.78 is 0.250. The maximum absolute atomic E-state index is 13.8. The van der Waals surface area contributed by atoms with Gasteiger partial charge in [0.25, 0.3) is 0 Å². The standard InChI is InChI=1S/C25H32BrNO8/c1-8(2)14-18(30)13(21(27)33)19(31)25(35)20(32)15-17(29)12-10(6-7-11(26)16(12)28)9(3)23(15,4)22(34)24(14,25)5/h6-9,13-15,18,20,22,28,30,32,34-35H,1-5H3,(H2,27,33)/t9-,13-,14+,15-,18?,20?,22-,23+,24+,25+/m1/s1. The maximum atomic E-state index is 13.8. The van der Waals surface area contributed by atoms with Crippen LogP contribution in [-0.4, -0.2) is 66.9 Å². The van der Waals surface area contributed by atoms with Crippen LogP contribution in [0.2, 0.25) is 0 Å². The Bertz CT molecular complexity index is 1140. The minimum absolute atomic E-state index is 0.0667. The quantitative estimate of drug-likeness (QED) is 0.292. The van der Waals surface area contributed by atoms with Gasteiger partial charge in [-0.2, -0.15) is 0 Å². The SMILES string of the molecule is CC(C)[C@H]1C(O)[C@@H](C(N)=O)C(=O)[C@]2(O)C(O)[C@H]3C(=O)c4c(ccc(Br)c4O)[C@@H](C)[C@]3(C)[C@@H](O)[C@]12C. The van der Waals surface area contributed by atoms with Gasteiger partial charge in [-0.1, -0.05) is 40.7 Å². The average molecular weight is 554 g/mol. The average Bonchev–Trinajstić information content (AvgIpc) is 2.75. The monoisotopic (exact) mass is 553 g/mol. The van der Waals surface area contributed by atoms with Gasteiger partial charge in [0.05, 0.1) is 28.2 Å². The molecule has 4 rings (SSSR count). The molecule has 0 heterocycles. The van der Waals surface area contributed by atoms with E-state index in [9.17, 15) is 39.9 Å². The lowest BCUT2D eigenvalue weighted by Gasteiger charge is -2.69. The summed E-state index contributed by atoms with van der Waals surface area (Å²) in [6.07, 6.45) is -5.24. The second kappa shape index (κ2) is 7.82. The van der Waals surface area contributed by atoms with Gasteiger partial charge in [-0.3, -0.25) is 14.4 Å². The van der Waals surface area contributed by atoms with Crippen molar-refractivity contribution in [3.05, 3.63) is 27.7 Å². The zero-order chi connectivity index (χ0) is 26.6. The van der Waals surface area contributed by atoms with Gasteiger partial charge in [0.15, 0.2) is 17.2 Å². The van der Waals surface area contributed by atoms with E-state index in [1.165, 1.54) is 6.92 Å². The molecule has 0 aromatic heterocycles. The van der Waals surface area contributed by atoms with E-state index in [2.05, 4.69) is 15.9 Å². The number of carbonyl (C=O) groups excluding carboxylic acids is 3. The first kappa shape index (κ1) is 26.2. The second-order valence-corrected chi connectivity index (χ2v) is 12.0. The van der Waals surface area contributed by atoms with Crippen molar-refractivity contribution in [2.24, 2.45) is 40.2 Å². The Morgan fingerprint density at radius 2 is 1.71 bits per heavy atom. The Morgan fingerprint density at radius 3 is 2.23 bits per heavy atom. The first-order chi connectivity index (χ1) is 16.0. The van der Waals surface area contributed by atoms with Crippen LogP contribution in [-0.2, 0) is 9.59 Å².